The molecule has 3 aromatic rings. The molecule has 1 aromatic heterocycles. The summed E-state index contributed by atoms with van der Waals surface area (Å²) in [4.78, 5) is 4.34. The minimum Gasteiger partial charge on any atom is -0.508 e. The third-order valence-electron chi connectivity index (χ3n) is 2.96. The van der Waals surface area contributed by atoms with E-state index >= 15 is 0 Å². The zero-order valence-corrected chi connectivity index (χ0v) is 9.91. The van der Waals surface area contributed by atoms with E-state index in [9.17, 15) is 15.3 Å². The first-order valence-electron chi connectivity index (χ1n) is 5.76. The first kappa shape index (κ1) is 11.3. The normalized spacial score (nSPS) is 10.7. The summed E-state index contributed by atoms with van der Waals surface area (Å²) in [6.07, 6.45) is 0. The molecule has 19 heavy (non-hydrogen) atoms. The van der Waals surface area contributed by atoms with Crippen molar-refractivity contribution in [1.82, 2.24) is 4.98 Å². The smallest absolute Gasteiger partial charge is 0.141 e. The van der Waals surface area contributed by atoms with Gasteiger partial charge in [0.05, 0.1) is 5.69 Å². The summed E-state index contributed by atoms with van der Waals surface area (Å²) in [6, 6.07) is 13.1. The van der Waals surface area contributed by atoms with Crippen molar-refractivity contribution in [2.75, 3.05) is 0 Å². The maximum Gasteiger partial charge on any atom is 0.141 e. The Kier molecular flexibility index (Phi) is 2.49. The molecule has 0 aliphatic heterocycles. The number of phenolic OH excluding ortho intramolecular Hbond substituents is 3. The lowest BCUT2D eigenvalue weighted by Crippen LogP contribution is -1.86. The van der Waals surface area contributed by atoms with Gasteiger partial charge in [-0.05, 0) is 24.3 Å². The van der Waals surface area contributed by atoms with Crippen LogP contribution >= 0.6 is 0 Å². The molecule has 0 amide bonds. The van der Waals surface area contributed by atoms with Gasteiger partial charge in [-0.2, -0.15) is 0 Å². The zero-order valence-electron chi connectivity index (χ0n) is 9.91. The first-order valence-corrected chi connectivity index (χ1v) is 5.76. The summed E-state index contributed by atoms with van der Waals surface area (Å²) < 4.78 is 0. The van der Waals surface area contributed by atoms with Crippen molar-refractivity contribution in [2.45, 2.75) is 0 Å². The van der Waals surface area contributed by atoms with Crippen LogP contribution < -0.4 is 0 Å². The Morgan fingerprint density at radius 3 is 2.42 bits per heavy atom. The van der Waals surface area contributed by atoms with Crippen molar-refractivity contribution in [3.8, 4) is 28.5 Å². The lowest BCUT2D eigenvalue weighted by atomic mass is 10.1. The van der Waals surface area contributed by atoms with E-state index in [0.717, 1.165) is 5.39 Å². The van der Waals surface area contributed by atoms with Crippen molar-refractivity contribution in [1.29, 1.82) is 0 Å². The van der Waals surface area contributed by atoms with Crippen LogP contribution in [0.4, 0.5) is 0 Å². The number of nitrogens with zero attached hydrogens (tertiary/aromatic N) is 1. The topological polar surface area (TPSA) is 73.6 Å². The second-order valence-corrected chi connectivity index (χ2v) is 4.25. The molecule has 94 valence electrons. The summed E-state index contributed by atoms with van der Waals surface area (Å²) >= 11 is 0. The van der Waals surface area contributed by atoms with E-state index < -0.39 is 0 Å². The number of fused-ring (bicyclic) bond motifs is 1. The van der Waals surface area contributed by atoms with E-state index in [1.807, 2.05) is 12.1 Å². The number of para-hydroxylation sites is 1. The maximum atomic E-state index is 9.82. The Morgan fingerprint density at radius 2 is 1.63 bits per heavy atom. The number of hydrogen-bond acceptors (Lipinski definition) is 4. The van der Waals surface area contributed by atoms with Crippen molar-refractivity contribution < 1.29 is 15.3 Å². The van der Waals surface area contributed by atoms with Gasteiger partial charge in [0.25, 0.3) is 0 Å². The standard InChI is InChI=1S/C15H11NO3/c17-10-5-6-11(14(19)8-10)12-7-4-9-2-1-3-13(18)15(9)16-12/h1-8,17-19H. The van der Waals surface area contributed by atoms with Gasteiger partial charge >= 0.3 is 0 Å². The number of pyridine rings is 1. The van der Waals surface area contributed by atoms with E-state index in [-0.39, 0.29) is 17.2 Å². The average Bonchev–Trinajstić information content (AvgIpc) is 2.39. The average molecular weight is 253 g/mol. The molecule has 2 aromatic carbocycles. The van der Waals surface area contributed by atoms with Gasteiger partial charge < -0.3 is 15.3 Å². The van der Waals surface area contributed by atoms with E-state index in [2.05, 4.69) is 4.98 Å². The monoisotopic (exact) mass is 253 g/mol. The Labute approximate surface area is 109 Å². The SMILES string of the molecule is Oc1ccc(-c2ccc3cccc(O)c3n2)c(O)c1. The van der Waals surface area contributed by atoms with E-state index in [4.69, 9.17) is 0 Å². The fraction of sp³-hybridized carbons (Fsp3) is 0. The van der Waals surface area contributed by atoms with Crippen LogP contribution in [-0.2, 0) is 0 Å². The molecule has 0 saturated carbocycles. The molecule has 3 N–H and O–H groups in total. The molecule has 0 spiro atoms. The second kappa shape index (κ2) is 4.17. The maximum absolute atomic E-state index is 9.82. The van der Waals surface area contributed by atoms with Crippen LogP contribution in [0.15, 0.2) is 48.5 Å². The lowest BCUT2D eigenvalue weighted by Gasteiger charge is -2.06. The molecule has 0 bridgehead atoms. The summed E-state index contributed by atoms with van der Waals surface area (Å²) in [6.45, 7) is 0. The highest BCUT2D eigenvalue weighted by Crippen LogP contribution is 2.33. The van der Waals surface area contributed by atoms with Crippen molar-refractivity contribution in [3.63, 3.8) is 0 Å². The number of phenols is 3. The van der Waals surface area contributed by atoms with Gasteiger partial charge in [0, 0.05) is 17.0 Å². The number of hydrogen-bond donors (Lipinski definition) is 3. The van der Waals surface area contributed by atoms with Gasteiger partial charge in [-0.15, -0.1) is 0 Å². The van der Waals surface area contributed by atoms with E-state index in [1.54, 1.807) is 24.3 Å². The van der Waals surface area contributed by atoms with E-state index in [1.165, 1.54) is 12.1 Å². The Bertz CT molecular complexity index is 768. The van der Waals surface area contributed by atoms with Gasteiger partial charge in [0.1, 0.15) is 22.8 Å². The number of rotatable bonds is 1. The van der Waals surface area contributed by atoms with Crippen LogP contribution in [0.1, 0.15) is 0 Å². The molecule has 4 heteroatoms. The minimum absolute atomic E-state index is 0.00936. The minimum atomic E-state index is -0.0535. The number of aromatic nitrogens is 1. The molecule has 0 aliphatic carbocycles. The van der Waals surface area contributed by atoms with Gasteiger partial charge in [-0.1, -0.05) is 18.2 Å². The molecule has 3 rings (SSSR count). The predicted octanol–water partition coefficient (Wildman–Crippen LogP) is 3.02. The van der Waals surface area contributed by atoms with Gasteiger partial charge in [-0.3, -0.25) is 0 Å². The van der Waals surface area contributed by atoms with Gasteiger partial charge in [0.15, 0.2) is 0 Å². The fourth-order valence-electron chi connectivity index (χ4n) is 2.02. The molecule has 0 aliphatic rings. The van der Waals surface area contributed by atoms with E-state index in [0.29, 0.717) is 16.8 Å². The van der Waals surface area contributed by atoms with Crippen LogP contribution in [0.2, 0.25) is 0 Å². The summed E-state index contributed by atoms with van der Waals surface area (Å²) in [5.41, 5.74) is 1.52. The molecule has 4 nitrogen and oxygen atoms in total. The summed E-state index contributed by atoms with van der Waals surface area (Å²) in [5.74, 6) is 0.0322. The first-order chi connectivity index (χ1) is 9.15. The fourth-order valence-corrected chi connectivity index (χ4v) is 2.02. The van der Waals surface area contributed by atoms with Crippen molar-refractivity contribution >= 4 is 10.9 Å². The third-order valence-corrected chi connectivity index (χ3v) is 2.96. The molecule has 0 radical (unpaired) electrons. The molecule has 1 heterocycles. The van der Waals surface area contributed by atoms with Crippen LogP contribution in [0, 0.1) is 0 Å². The van der Waals surface area contributed by atoms with Crippen LogP contribution in [-0.4, -0.2) is 20.3 Å². The number of benzene rings is 2. The summed E-state index contributed by atoms with van der Waals surface area (Å²) in [7, 11) is 0. The Balaban J connectivity index is 2.23. The lowest BCUT2D eigenvalue weighted by molar-refractivity contribution is 0.451. The van der Waals surface area contributed by atoms with Gasteiger partial charge in [0.2, 0.25) is 0 Å². The molecular formula is C15H11NO3. The molecule has 0 atom stereocenters. The predicted molar refractivity (Wildman–Crippen MR) is 72.2 cm³/mol. The molecular weight excluding hydrogens is 242 g/mol. The highest BCUT2D eigenvalue weighted by Gasteiger charge is 2.09. The summed E-state index contributed by atoms with van der Waals surface area (Å²) in [5, 5.41) is 29.7. The van der Waals surface area contributed by atoms with Crippen molar-refractivity contribution in [2.24, 2.45) is 0 Å². The molecule has 0 unspecified atom stereocenters. The highest BCUT2D eigenvalue weighted by atomic mass is 16.3. The van der Waals surface area contributed by atoms with Crippen molar-refractivity contribution in [3.05, 3.63) is 48.5 Å². The largest absolute Gasteiger partial charge is 0.508 e. The molecule has 0 saturated heterocycles. The Morgan fingerprint density at radius 1 is 0.789 bits per heavy atom. The second-order valence-electron chi connectivity index (χ2n) is 4.25. The van der Waals surface area contributed by atoms with Crippen LogP contribution in [0.25, 0.3) is 22.2 Å². The van der Waals surface area contributed by atoms with Crippen LogP contribution in [0.3, 0.4) is 0 Å². The third kappa shape index (κ3) is 1.93. The zero-order chi connectivity index (χ0) is 13.4. The Hall–Kier alpha value is -2.75. The van der Waals surface area contributed by atoms with Gasteiger partial charge in [-0.25, -0.2) is 4.98 Å². The quantitative estimate of drug-likeness (QED) is 0.623. The van der Waals surface area contributed by atoms with Crippen LogP contribution in [0.5, 0.6) is 17.2 Å². The number of aromatic hydroxyl groups is 3. The highest BCUT2D eigenvalue weighted by molar-refractivity contribution is 5.87. The molecule has 0 fully saturated rings.